The predicted octanol–water partition coefficient (Wildman–Crippen LogP) is 4.29. The molecule has 0 radical (unpaired) electrons. The minimum atomic E-state index is -0.173. The summed E-state index contributed by atoms with van der Waals surface area (Å²) in [6.45, 7) is 6.74. The Bertz CT molecular complexity index is 650. The molecule has 0 aromatic heterocycles. The number of carbonyl (C=O) groups is 1. The third-order valence-electron chi connectivity index (χ3n) is 3.05. The van der Waals surface area contributed by atoms with E-state index in [0.717, 1.165) is 12.2 Å². The number of benzene rings is 2. The van der Waals surface area contributed by atoms with Crippen molar-refractivity contribution in [2.24, 2.45) is 0 Å². The molecule has 0 aliphatic heterocycles. The minimum absolute atomic E-state index is 0.173. The van der Waals surface area contributed by atoms with Crippen molar-refractivity contribution in [1.29, 1.82) is 0 Å². The fourth-order valence-corrected chi connectivity index (χ4v) is 1.94. The highest BCUT2D eigenvalue weighted by Crippen LogP contribution is 2.19. The first-order valence-corrected chi connectivity index (χ1v) is 7.61. The number of rotatable bonds is 8. The van der Waals surface area contributed by atoms with Crippen LogP contribution in [0.15, 0.2) is 61.2 Å². The van der Waals surface area contributed by atoms with Gasteiger partial charge in [-0.05, 0) is 42.8 Å². The molecule has 0 bridgehead atoms. The summed E-state index contributed by atoms with van der Waals surface area (Å²) < 4.78 is 11.0. The molecule has 0 heterocycles. The van der Waals surface area contributed by atoms with Gasteiger partial charge in [0.2, 0.25) is 0 Å². The highest BCUT2D eigenvalue weighted by Gasteiger charge is 2.07. The summed E-state index contributed by atoms with van der Waals surface area (Å²) in [5.41, 5.74) is 1.27. The van der Waals surface area contributed by atoms with Crippen molar-refractivity contribution < 1.29 is 14.3 Å². The Kier molecular flexibility index (Phi) is 6.24. The van der Waals surface area contributed by atoms with Crippen molar-refractivity contribution in [1.82, 2.24) is 0 Å². The van der Waals surface area contributed by atoms with Gasteiger partial charge in [-0.3, -0.25) is 4.79 Å². The lowest BCUT2D eigenvalue weighted by Crippen LogP contribution is -2.11. The van der Waals surface area contributed by atoms with Gasteiger partial charge >= 0.3 is 0 Å². The van der Waals surface area contributed by atoms with Crippen LogP contribution in [0.2, 0.25) is 0 Å². The molecule has 1 amide bonds. The number of hydrogen-bond acceptors (Lipinski definition) is 3. The first-order valence-electron chi connectivity index (χ1n) is 7.61. The van der Waals surface area contributed by atoms with E-state index in [4.69, 9.17) is 9.47 Å². The molecule has 120 valence electrons. The largest absolute Gasteiger partial charge is 0.494 e. The number of ether oxygens (including phenoxy) is 2. The van der Waals surface area contributed by atoms with Crippen LogP contribution in [-0.4, -0.2) is 19.1 Å². The van der Waals surface area contributed by atoms with Gasteiger partial charge in [0.05, 0.1) is 6.61 Å². The maximum Gasteiger partial charge on any atom is 0.255 e. The fraction of sp³-hybridized carbons (Fsp3) is 0.211. The van der Waals surface area contributed by atoms with Crippen LogP contribution in [0.1, 0.15) is 23.7 Å². The molecule has 2 rings (SSSR count). The molecular formula is C19H21NO3. The Balaban J connectivity index is 1.99. The highest BCUT2D eigenvalue weighted by molar-refractivity contribution is 6.04. The predicted molar refractivity (Wildman–Crippen MR) is 92.3 cm³/mol. The molecule has 0 fully saturated rings. The molecule has 0 saturated heterocycles. The van der Waals surface area contributed by atoms with Crippen LogP contribution < -0.4 is 14.8 Å². The molecule has 2 aromatic rings. The van der Waals surface area contributed by atoms with Crippen LogP contribution in [0.4, 0.5) is 5.69 Å². The zero-order valence-corrected chi connectivity index (χ0v) is 13.2. The van der Waals surface area contributed by atoms with Crippen LogP contribution >= 0.6 is 0 Å². The Hall–Kier alpha value is -2.75. The van der Waals surface area contributed by atoms with Crippen LogP contribution in [0.25, 0.3) is 0 Å². The summed E-state index contributed by atoms with van der Waals surface area (Å²) >= 11 is 0. The summed E-state index contributed by atoms with van der Waals surface area (Å²) in [7, 11) is 0. The lowest BCUT2D eigenvalue weighted by Gasteiger charge is -2.09. The monoisotopic (exact) mass is 311 g/mol. The van der Waals surface area contributed by atoms with Crippen molar-refractivity contribution in [2.45, 2.75) is 13.3 Å². The maximum atomic E-state index is 12.3. The van der Waals surface area contributed by atoms with E-state index in [-0.39, 0.29) is 5.91 Å². The Labute approximate surface area is 136 Å². The van der Waals surface area contributed by atoms with Gasteiger partial charge in [0.15, 0.2) is 0 Å². The van der Waals surface area contributed by atoms with Gasteiger partial charge in [-0.1, -0.05) is 25.6 Å². The van der Waals surface area contributed by atoms with Crippen molar-refractivity contribution in [3.63, 3.8) is 0 Å². The van der Waals surface area contributed by atoms with Gasteiger partial charge in [0.1, 0.15) is 18.1 Å². The lowest BCUT2D eigenvalue weighted by molar-refractivity contribution is 0.102. The van der Waals surface area contributed by atoms with Gasteiger partial charge in [-0.25, -0.2) is 0 Å². The third-order valence-corrected chi connectivity index (χ3v) is 3.05. The second kappa shape index (κ2) is 8.63. The van der Waals surface area contributed by atoms with E-state index in [1.165, 1.54) is 0 Å². The van der Waals surface area contributed by atoms with Gasteiger partial charge in [0, 0.05) is 17.3 Å². The van der Waals surface area contributed by atoms with E-state index in [1.54, 1.807) is 30.3 Å². The standard InChI is InChI=1S/C19H21NO3/c1-3-12-22-17-10-8-15(9-11-17)19(21)20-16-6-5-7-18(14-16)23-13-4-2/h3,5-11,14H,1,4,12-13H2,2H3,(H,20,21). The molecule has 2 aromatic carbocycles. The Morgan fingerprint density at radius 2 is 1.91 bits per heavy atom. The molecular weight excluding hydrogens is 290 g/mol. The van der Waals surface area contributed by atoms with Crippen molar-refractivity contribution in [3.8, 4) is 11.5 Å². The second-order valence-corrected chi connectivity index (χ2v) is 4.95. The maximum absolute atomic E-state index is 12.3. The average molecular weight is 311 g/mol. The molecule has 4 heteroatoms. The van der Waals surface area contributed by atoms with Gasteiger partial charge in [0.25, 0.3) is 5.91 Å². The SMILES string of the molecule is C=CCOc1ccc(C(=O)Nc2cccc(OCCC)c2)cc1. The zero-order valence-electron chi connectivity index (χ0n) is 13.2. The summed E-state index contributed by atoms with van der Waals surface area (Å²) in [5, 5.41) is 2.86. The smallest absolute Gasteiger partial charge is 0.255 e. The van der Waals surface area contributed by atoms with Crippen LogP contribution in [0.3, 0.4) is 0 Å². The molecule has 23 heavy (non-hydrogen) atoms. The summed E-state index contributed by atoms with van der Waals surface area (Å²) in [6, 6.07) is 14.4. The van der Waals surface area contributed by atoms with Crippen molar-refractivity contribution in [3.05, 3.63) is 66.7 Å². The van der Waals surface area contributed by atoms with Crippen LogP contribution in [0, 0.1) is 0 Å². The van der Waals surface area contributed by atoms with E-state index in [9.17, 15) is 4.79 Å². The average Bonchev–Trinajstić information content (AvgIpc) is 2.59. The lowest BCUT2D eigenvalue weighted by atomic mass is 10.2. The third kappa shape index (κ3) is 5.18. The number of hydrogen-bond donors (Lipinski definition) is 1. The molecule has 0 saturated carbocycles. The molecule has 0 spiro atoms. The van der Waals surface area contributed by atoms with Gasteiger partial charge < -0.3 is 14.8 Å². The van der Waals surface area contributed by atoms with Crippen molar-refractivity contribution >= 4 is 11.6 Å². The first kappa shape index (κ1) is 16.6. The summed E-state index contributed by atoms with van der Waals surface area (Å²) in [4.78, 5) is 12.3. The van der Waals surface area contributed by atoms with Gasteiger partial charge in [-0.2, -0.15) is 0 Å². The normalized spacial score (nSPS) is 9.96. The number of amides is 1. The van der Waals surface area contributed by atoms with Crippen molar-refractivity contribution in [2.75, 3.05) is 18.5 Å². The molecule has 0 aliphatic rings. The molecule has 0 atom stereocenters. The number of carbonyl (C=O) groups excluding carboxylic acids is 1. The Morgan fingerprint density at radius 1 is 1.13 bits per heavy atom. The first-order chi connectivity index (χ1) is 11.2. The molecule has 4 nitrogen and oxygen atoms in total. The van der Waals surface area contributed by atoms with Gasteiger partial charge in [-0.15, -0.1) is 0 Å². The quantitative estimate of drug-likeness (QED) is 0.740. The topological polar surface area (TPSA) is 47.6 Å². The molecule has 0 aliphatic carbocycles. The van der Waals surface area contributed by atoms with E-state index < -0.39 is 0 Å². The van der Waals surface area contributed by atoms with Crippen LogP contribution in [-0.2, 0) is 0 Å². The zero-order chi connectivity index (χ0) is 16.5. The second-order valence-electron chi connectivity index (χ2n) is 4.95. The van der Waals surface area contributed by atoms with E-state index in [1.807, 2.05) is 31.2 Å². The number of anilines is 1. The Morgan fingerprint density at radius 3 is 2.61 bits per heavy atom. The molecule has 1 N–H and O–H groups in total. The number of nitrogens with one attached hydrogen (secondary N) is 1. The molecule has 0 unspecified atom stereocenters. The van der Waals surface area contributed by atoms with E-state index in [2.05, 4.69) is 11.9 Å². The summed E-state index contributed by atoms with van der Waals surface area (Å²) in [6.07, 6.45) is 2.62. The summed E-state index contributed by atoms with van der Waals surface area (Å²) in [5.74, 6) is 1.28. The highest BCUT2D eigenvalue weighted by atomic mass is 16.5. The fourth-order valence-electron chi connectivity index (χ4n) is 1.94. The van der Waals surface area contributed by atoms with E-state index in [0.29, 0.717) is 30.2 Å². The van der Waals surface area contributed by atoms with Crippen LogP contribution in [0.5, 0.6) is 11.5 Å². The minimum Gasteiger partial charge on any atom is -0.494 e. The van der Waals surface area contributed by atoms with E-state index >= 15 is 0 Å².